The second-order valence-corrected chi connectivity index (χ2v) is 9.01. The first kappa shape index (κ1) is 23.0. The van der Waals surface area contributed by atoms with Gasteiger partial charge in [0, 0.05) is 31.9 Å². The predicted molar refractivity (Wildman–Crippen MR) is 129 cm³/mol. The Labute approximate surface area is 196 Å². The van der Waals surface area contributed by atoms with Crippen LogP contribution in [0.4, 0.5) is 5.69 Å². The van der Waals surface area contributed by atoms with Gasteiger partial charge in [0.15, 0.2) is 5.82 Å². The number of piperazine rings is 1. The molecule has 0 radical (unpaired) electrons. The molecule has 0 saturated carbocycles. The Morgan fingerprint density at radius 2 is 1.45 bits per heavy atom. The van der Waals surface area contributed by atoms with E-state index in [0.29, 0.717) is 0 Å². The molecule has 1 aromatic heterocycles. The lowest BCUT2D eigenvalue weighted by Crippen LogP contribution is -2.48. The van der Waals surface area contributed by atoms with E-state index < -0.39 is 0 Å². The van der Waals surface area contributed by atoms with Crippen molar-refractivity contribution in [2.24, 2.45) is 0 Å². The van der Waals surface area contributed by atoms with Gasteiger partial charge in [0.2, 0.25) is 0 Å². The summed E-state index contributed by atoms with van der Waals surface area (Å²) < 4.78 is 12.7. The number of ether oxygens (including phenoxy) is 2. The van der Waals surface area contributed by atoms with Gasteiger partial charge >= 0.3 is 0 Å². The number of tetrazole rings is 1. The van der Waals surface area contributed by atoms with Crippen LogP contribution in [0.1, 0.15) is 44.6 Å². The Balaban J connectivity index is 1.61. The molecule has 1 saturated heterocycles. The van der Waals surface area contributed by atoms with Gasteiger partial charge in [0.25, 0.3) is 0 Å². The van der Waals surface area contributed by atoms with E-state index in [1.165, 1.54) is 5.69 Å². The Morgan fingerprint density at radius 3 is 2.00 bits per heavy atom. The molecule has 176 valence electrons. The number of aromatic nitrogens is 4. The number of nitrogens with zero attached hydrogens (tertiary/aromatic N) is 6. The normalized spacial score (nSPS) is 16.0. The molecule has 2 heterocycles. The molecule has 8 nitrogen and oxygen atoms in total. The van der Waals surface area contributed by atoms with E-state index in [2.05, 4.69) is 70.4 Å². The van der Waals surface area contributed by atoms with Crippen molar-refractivity contribution in [1.82, 2.24) is 25.1 Å². The lowest BCUT2D eigenvalue weighted by Gasteiger charge is -2.40. The monoisotopic (exact) mass is 450 g/mol. The van der Waals surface area contributed by atoms with E-state index >= 15 is 0 Å². The van der Waals surface area contributed by atoms with Gasteiger partial charge in [0.05, 0.1) is 25.8 Å². The minimum absolute atomic E-state index is 0.0326. The summed E-state index contributed by atoms with van der Waals surface area (Å²) in [4.78, 5) is 4.90. The molecule has 4 rings (SSSR count). The summed E-state index contributed by atoms with van der Waals surface area (Å²) in [5.41, 5.74) is 2.21. The lowest BCUT2D eigenvalue weighted by molar-refractivity contribution is 0.187. The summed E-state index contributed by atoms with van der Waals surface area (Å²) in [6.07, 6.45) is 0.936. The Kier molecular flexibility index (Phi) is 6.83. The lowest BCUT2D eigenvalue weighted by atomic mass is 9.99. The highest BCUT2D eigenvalue weighted by atomic mass is 16.5. The number of methoxy groups -OCH3 is 2. The van der Waals surface area contributed by atoms with Crippen LogP contribution < -0.4 is 14.4 Å². The van der Waals surface area contributed by atoms with Crippen molar-refractivity contribution in [1.29, 1.82) is 0 Å². The maximum absolute atomic E-state index is 5.39. The highest BCUT2D eigenvalue weighted by molar-refractivity contribution is 5.49. The van der Waals surface area contributed by atoms with Gasteiger partial charge in [-0.3, -0.25) is 4.90 Å². The molecule has 1 aliphatic rings. The minimum atomic E-state index is -0.172. The van der Waals surface area contributed by atoms with Gasteiger partial charge in [-0.05, 0) is 72.7 Å². The molecule has 2 aromatic carbocycles. The third-order valence-corrected chi connectivity index (χ3v) is 6.73. The van der Waals surface area contributed by atoms with Crippen LogP contribution in [-0.2, 0) is 5.54 Å². The highest BCUT2D eigenvalue weighted by Gasteiger charge is 2.34. The number of anilines is 1. The van der Waals surface area contributed by atoms with Crippen molar-refractivity contribution < 1.29 is 9.47 Å². The van der Waals surface area contributed by atoms with Crippen LogP contribution in [0.15, 0.2) is 48.5 Å². The fourth-order valence-electron chi connectivity index (χ4n) is 4.29. The minimum Gasteiger partial charge on any atom is -0.497 e. The van der Waals surface area contributed by atoms with Gasteiger partial charge in [-0.2, -0.15) is 0 Å². The first-order chi connectivity index (χ1) is 16.0. The van der Waals surface area contributed by atoms with Crippen LogP contribution in [0, 0.1) is 0 Å². The summed E-state index contributed by atoms with van der Waals surface area (Å²) in [5.74, 6) is 2.60. The van der Waals surface area contributed by atoms with Gasteiger partial charge in [-0.15, -0.1) is 5.10 Å². The topological polar surface area (TPSA) is 68.5 Å². The van der Waals surface area contributed by atoms with E-state index in [1.807, 2.05) is 28.9 Å². The highest BCUT2D eigenvalue weighted by Crippen LogP contribution is 2.33. The van der Waals surface area contributed by atoms with Crippen molar-refractivity contribution in [3.63, 3.8) is 0 Å². The third kappa shape index (κ3) is 4.80. The standard InChI is InChI=1S/C25H34N6O2/c1-6-25(2,3)31-24(26-27-28-31)23(19-7-11-21(32-4)12-8-19)30-17-15-29(16-18-30)20-9-13-22(33-5)14-10-20/h7-14,23H,6,15-18H2,1-5H3/t23-/m0/s1. The zero-order valence-corrected chi connectivity index (χ0v) is 20.2. The van der Waals surface area contributed by atoms with Crippen LogP contribution in [0.25, 0.3) is 0 Å². The maximum Gasteiger partial charge on any atom is 0.173 e. The maximum atomic E-state index is 5.39. The Hall–Kier alpha value is -3.13. The van der Waals surface area contributed by atoms with Crippen LogP contribution in [0.3, 0.4) is 0 Å². The number of benzene rings is 2. The number of hydrogen-bond acceptors (Lipinski definition) is 7. The molecule has 3 aromatic rings. The number of rotatable bonds is 8. The van der Waals surface area contributed by atoms with E-state index in [4.69, 9.17) is 9.47 Å². The van der Waals surface area contributed by atoms with Crippen LogP contribution in [0.2, 0.25) is 0 Å². The van der Waals surface area contributed by atoms with Crippen LogP contribution in [0.5, 0.6) is 11.5 Å². The second-order valence-electron chi connectivity index (χ2n) is 9.01. The van der Waals surface area contributed by atoms with Crippen molar-refractivity contribution in [2.45, 2.75) is 38.8 Å². The van der Waals surface area contributed by atoms with Gasteiger partial charge in [-0.1, -0.05) is 19.1 Å². The van der Waals surface area contributed by atoms with Crippen molar-refractivity contribution in [3.8, 4) is 11.5 Å². The van der Waals surface area contributed by atoms with E-state index in [9.17, 15) is 0 Å². The van der Waals surface area contributed by atoms with Crippen molar-refractivity contribution >= 4 is 5.69 Å². The van der Waals surface area contributed by atoms with E-state index in [0.717, 1.165) is 55.5 Å². The molecule has 8 heteroatoms. The molecular weight excluding hydrogens is 416 g/mol. The molecule has 0 spiro atoms. The molecule has 0 aliphatic carbocycles. The quantitative estimate of drug-likeness (QED) is 0.518. The second kappa shape index (κ2) is 9.79. The van der Waals surface area contributed by atoms with Gasteiger partial charge in [-0.25, -0.2) is 4.68 Å². The molecule has 0 unspecified atom stereocenters. The summed E-state index contributed by atoms with van der Waals surface area (Å²) >= 11 is 0. The van der Waals surface area contributed by atoms with Crippen LogP contribution >= 0.6 is 0 Å². The van der Waals surface area contributed by atoms with Gasteiger partial charge in [0.1, 0.15) is 11.5 Å². The molecule has 33 heavy (non-hydrogen) atoms. The van der Waals surface area contributed by atoms with E-state index in [-0.39, 0.29) is 11.6 Å². The molecule has 0 N–H and O–H groups in total. The van der Waals surface area contributed by atoms with Crippen molar-refractivity contribution in [3.05, 3.63) is 59.9 Å². The summed E-state index contributed by atoms with van der Waals surface area (Å²) in [7, 11) is 3.38. The Bertz CT molecular complexity index is 1020. The molecule has 1 fully saturated rings. The van der Waals surface area contributed by atoms with E-state index in [1.54, 1.807) is 14.2 Å². The molecular formula is C25H34N6O2. The fraction of sp³-hybridized carbons (Fsp3) is 0.480. The average Bonchev–Trinajstić information content (AvgIpc) is 3.35. The van der Waals surface area contributed by atoms with Gasteiger partial charge < -0.3 is 14.4 Å². The smallest absolute Gasteiger partial charge is 0.173 e. The molecule has 1 atom stereocenters. The third-order valence-electron chi connectivity index (χ3n) is 6.73. The molecule has 0 amide bonds. The fourth-order valence-corrected chi connectivity index (χ4v) is 4.29. The summed E-state index contributed by atoms with van der Waals surface area (Å²) in [6.45, 7) is 10.2. The first-order valence-electron chi connectivity index (χ1n) is 11.5. The average molecular weight is 451 g/mol. The zero-order chi connectivity index (χ0) is 23.4. The first-order valence-corrected chi connectivity index (χ1v) is 11.5. The summed E-state index contributed by atoms with van der Waals surface area (Å²) in [6, 6.07) is 16.5. The largest absolute Gasteiger partial charge is 0.497 e. The Morgan fingerprint density at radius 1 is 0.879 bits per heavy atom. The molecule has 0 bridgehead atoms. The number of hydrogen-bond donors (Lipinski definition) is 0. The summed E-state index contributed by atoms with van der Waals surface area (Å²) in [5, 5.41) is 13.0. The predicted octanol–water partition coefficient (Wildman–Crippen LogP) is 3.75. The SMILES string of the molecule is CCC(C)(C)n1nnnc1[C@H](c1ccc(OC)cc1)N1CCN(c2ccc(OC)cc2)CC1. The van der Waals surface area contributed by atoms with Crippen LogP contribution in [-0.4, -0.2) is 65.5 Å². The van der Waals surface area contributed by atoms with Crippen molar-refractivity contribution in [2.75, 3.05) is 45.3 Å². The zero-order valence-electron chi connectivity index (χ0n) is 20.2. The molecule has 1 aliphatic heterocycles.